The van der Waals surface area contributed by atoms with Crippen molar-refractivity contribution in [2.45, 2.75) is 6.18 Å². The van der Waals surface area contributed by atoms with Gasteiger partial charge >= 0.3 is 6.18 Å². The van der Waals surface area contributed by atoms with Gasteiger partial charge < -0.3 is 10.6 Å². The molecule has 0 radical (unpaired) electrons. The van der Waals surface area contributed by atoms with E-state index >= 15 is 0 Å². The molecule has 0 atom stereocenters. The molecule has 0 aliphatic heterocycles. The standard InChI is InChI=1S/C12H10F4N4/c1-17-11-18-6-9(13)10(20-11)19-8-4-2-7(3-5-8)12(14,15)16/h2-6H,1H3,(H2,17,18,19,20). The molecule has 0 spiro atoms. The molecule has 0 aliphatic rings. The summed E-state index contributed by atoms with van der Waals surface area (Å²) in [5.41, 5.74) is -0.486. The number of rotatable bonds is 3. The highest BCUT2D eigenvalue weighted by atomic mass is 19.4. The molecular formula is C12H10F4N4. The maximum Gasteiger partial charge on any atom is 0.416 e. The molecule has 20 heavy (non-hydrogen) atoms. The predicted octanol–water partition coefficient (Wildman–Crippen LogP) is 3.42. The van der Waals surface area contributed by atoms with Crippen LogP contribution in [0.25, 0.3) is 0 Å². The molecule has 0 amide bonds. The van der Waals surface area contributed by atoms with Crippen molar-refractivity contribution >= 4 is 17.5 Å². The lowest BCUT2D eigenvalue weighted by molar-refractivity contribution is -0.137. The van der Waals surface area contributed by atoms with Crippen LogP contribution in [-0.2, 0) is 6.18 Å². The SMILES string of the molecule is CNc1ncc(F)c(Nc2ccc(C(F)(F)F)cc2)n1. The first-order valence-electron chi connectivity index (χ1n) is 5.54. The number of nitrogens with one attached hydrogen (secondary N) is 2. The minimum atomic E-state index is -4.40. The molecule has 0 bridgehead atoms. The third-order valence-corrected chi connectivity index (χ3v) is 2.44. The topological polar surface area (TPSA) is 49.8 Å². The van der Waals surface area contributed by atoms with Crippen molar-refractivity contribution in [3.63, 3.8) is 0 Å². The van der Waals surface area contributed by atoms with Gasteiger partial charge in [-0.05, 0) is 24.3 Å². The van der Waals surface area contributed by atoms with Crippen molar-refractivity contribution in [1.29, 1.82) is 0 Å². The summed E-state index contributed by atoms with van der Waals surface area (Å²) in [6.45, 7) is 0. The summed E-state index contributed by atoms with van der Waals surface area (Å²) < 4.78 is 50.7. The fourth-order valence-electron chi connectivity index (χ4n) is 1.45. The van der Waals surface area contributed by atoms with E-state index in [1.165, 1.54) is 12.1 Å². The van der Waals surface area contributed by atoms with Crippen LogP contribution in [0.4, 0.5) is 35.0 Å². The molecule has 1 heterocycles. The first kappa shape index (κ1) is 14.0. The van der Waals surface area contributed by atoms with Gasteiger partial charge in [-0.25, -0.2) is 9.37 Å². The number of alkyl halides is 3. The van der Waals surface area contributed by atoms with Crippen molar-refractivity contribution < 1.29 is 17.6 Å². The van der Waals surface area contributed by atoms with Crippen LogP contribution in [0.1, 0.15) is 5.56 Å². The number of halogens is 4. The molecule has 1 aromatic carbocycles. The van der Waals surface area contributed by atoms with Gasteiger partial charge in [-0.15, -0.1) is 0 Å². The lowest BCUT2D eigenvalue weighted by atomic mass is 10.2. The average molecular weight is 286 g/mol. The van der Waals surface area contributed by atoms with Crippen LogP contribution in [0.3, 0.4) is 0 Å². The summed E-state index contributed by atoms with van der Waals surface area (Å²) in [5, 5.41) is 5.22. The van der Waals surface area contributed by atoms with E-state index in [0.29, 0.717) is 0 Å². The Labute approximate surface area is 111 Å². The molecular weight excluding hydrogens is 276 g/mol. The van der Waals surface area contributed by atoms with Crippen LogP contribution in [0.15, 0.2) is 30.5 Å². The van der Waals surface area contributed by atoms with Gasteiger partial charge in [0.2, 0.25) is 5.95 Å². The highest BCUT2D eigenvalue weighted by Crippen LogP contribution is 2.30. The molecule has 0 aliphatic carbocycles. The Hall–Kier alpha value is -2.38. The van der Waals surface area contributed by atoms with Gasteiger partial charge in [-0.1, -0.05) is 0 Å². The number of aromatic nitrogens is 2. The summed E-state index contributed by atoms with van der Waals surface area (Å²) in [7, 11) is 1.56. The van der Waals surface area contributed by atoms with E-state index in [9.17, 15) is 17.6 Å². The molecule has 1 aromatic heterocycles. The number of anilines is 3. The largest absolute Gasteiger partial charge is 0.416 e. The lowest BCUT2D eigenvalue weighted by Gasteiger charge is -2.10. The Morgan fingerprint density at radius 2 is 1.75 bits per heavy atom. The number of nitrogens with zero attached hydrogens (tertiary/aromatic N) is 2. The Kier molecular flexibility index (Phi) is 3.73. The van der Waals surface area contributed by atoms with Crippen LogP contribution >= 0.6 is 0 Å². The number of hydrogen-bond donors (Lipinski definition) is 2. The third-order valence-electron chi connectivity index (χ3n) is 2.44. The second kappa shape index (κ2) is 5.32. The zero-order valence-electron chi connectivity index (χ0n) is 10.3. The first-order chi connectivity index (χ1) is 9.40. The van der Waals surface area contributed by atoms with Gasteiger partial charge in [0, 0.05) is 12.7 Å². The minimum Gasteiger partial charge on any atom is -0.357 e. The zero-order chi connectivity index (χ0) is 14.8. The van der Waals surface area contributed by atoms with E-state index in [4.69, 9.17) is 0 Å². The fourth-order valence-corrected chi connectivity index (χ4v) is 1.45. The number of benzene rings is 1. The van der Waals surface area contributed by atoms with Crippen LogP contribution in [0, 0.1) is 5.82 Å². The maximum atomic E-state index is 13.5. The predicted molar refractivity (Wildman–Crippen MR) is 66.3 cm³/mol. The smallest absolute Gasteiger partial charge is 0.357 e. The monoisotopic (exact) mass is 286 g/mol. The highest BCUT2D eigenvalue weighted by molar-refractivity contribution is 5.57. The molecule has 0 unspecified atom stereocenters. The van der Waals surface area contributed by atoms with E-state index in [-0.39, 0.29) is 17.5 Å². The second-order valence-electron chi connectivity index (χ2n) is 3.84. The summed E-state index contributed by atoms with van der Waals surface area (Å²) in [5.74, 6) is -0.631. The Morgan fingerprint density at radius 3 is 2.30 bits per heavy atom. The molecule has 0 fully saturated rings. The van der Waals surface area contributed by atoms with Crippen LogP contribution in [0.2, 0.25) is 0 Å². The number of hydrogen-bond acceptors (Lipinski definition) is 4. The summed E-state index contributed by atoms with van der Waals surface area (Å²) in [4.78, 5) is 7.49. The second-order valence-corrected chi connectivity index (χ2v) is 3.84. The lowest BCUT2D eigenvalue weighted by Crippen LogP contribution is -2.05. The van der Waals surface area contributed by atoms with Gasteiger partial charge in [0.25, 0.3) is 0 Å². The molecule has 0 saturated heterocycles. The van der Waals surface area contributed by atoms with E-state index in [0.717, 1.165) is 18.3 Å². The molecule has 8 heteroatoms. The summed E-state index contributed by atoms with van der Waals surface area (Å²) >= 11 is 0. The van der Waals surface area contributed by atoms with Crippen molar-refractivity contribution in [3.05, 3.63) is 41.8 Å². The quantitative estimate of drug-likeness (QED) is 0.849. The molecule has 2 aromatic rings. The molecule has 106 valence electrons. The minimum absolute atomic E-state index is 0.121. The van der Waals surface area contributed by atoms with Gasteiger partial charge in [0.05, 0.1) is 11.8 Å². The van der Waals surface area contributed by atoms with E-state index < -0.39 is 17.6 Å². The van der Waals surface area contributed by atoms with Gasteiger partial charge in [0.1, 0.15) is 0 Å². The van der Waals surface area contributed by atoms with Crippen molar-refractivity contribution in [2.24, 2.45) is 0 Å². The van der Waals surface area contributed by atoms with Crippen molar-refractivity contribution in [3.8, 4) is 0 Å². The first-order valence-corrected chi connectivity index (χ1v) is 5.54. The average Bonchev–Trinajstić information content (AvgIpc) is 2.41. The third kappa shape index (κ3) is 3.14. The molecule has 4 nitrogen and oxygen atoms in total. The summed E-state index contributed by atoms with van der Waals surface area (Å²) in [6, 6.07) is 4.20. The van der Waals surface area contributed by atoms with E-state index in [2.05, 4.69) is 20.6 Å². The normalized spacial score (nSPS) is 11.2. The molecule has 2 N–H and O–H groups in total. The Balaban J connectivity index is 2.22. The van der Waals surface area contributed by atoms with Gasteiger partial charge in [-0.2, -0.15) is 18.2 Å². The van der Waals surface area contributed by atoms with Crippen LogP contribution in [0.5, 0.6) is 0 Å². The van der Waals surface area contributed by atoms with Gasteiger partial charge in [0.15, 0.2) is 11.6 Å². The Bertz CT molecular complexity index is 595. The van der Waals surface area contributed by atoms with Crippen LogP contribution in [-0.4, -0.2) is 17.0 Å². The Morgan fingerprint density at radius 1 is 1.10 bits per heavy atom. The zero-order valence-corrected chi connectivity index (χ0v) is 10.3. The summed E-state index contributed by atoms with van der Waals surface area (Å²) in [6.07, 6.45) is -3.44. The van der Waals surface area contributed by atoms with E-state index in [1.807, 2.05) is 0 Å². The fraction of sp³-hybridized carbons (Fsp3) is 0.167. The van der Waals surface area contributed by atoms with Crippen LogP contribution < -0.4 is 10.6 Å². The van der Waals surface area contributed by atoms with Crippen molar-refractivity contribution in [1.82, 2.24) is 9.97 Å². The van der Waals surface area contributed by atoms with Crippen molar-refractivity contribution in [2.75, 3.05) is 17.7 Å². The maximum absolute atomic E-state index is 13.5. The van der Waals surface area contributed by atoms with E-state index in [1.54, 1.807) is 7.05 Å². The highest BCUT2D eigenvalue weighted by Gasteiger charge is 2.29. The van der Waals surface area contributed by atoms with Gasteiger partial charge in [-0.3, -0.25) is 0 Å². The molecule has 2 rings (SSSR count). The molecule has 0 saturated carbocycles.